The Morgan fingerprint density at radius 2 is 2.25 bits per heavy atom. The number of carbonyl (C=O) groups excluding carboxylic acids is 1. The summed E-state index contributed by atoms with van der Waals surface area (Å²) in [5.74, 6) is 1.63. The van der Waals surface area contributed by atoms with Crippen molar-refractivity contribution in [2.45, 2.75) is 32.2 Å². The molecule has 1 aromatic carbocycles. The quantitative estimate of drug-likeness (QED) is 0.569. The molecule has 0 aliphatic heterocycles. The van der Waals surface area contributed by atoms with Crippen molar-refractivity contribution < 1.29 is 9.18 Å². The normalized spacial score (nSPS) is 16.4. The van der Waals surface area contributed by atoms with E-state index in [0.717, 1.165) is 25.8 Å². The van der Waals surface area contributed by atoms with Crippen LogP contribution >= 0.6 is 0 Å². The molecule has 1 atom stereocenters. The monoisotopic (exact) mass is 382 g/mol. The zero-order valence-corrected chi connectivity index (χ0v) is 15.5. The number of H-pyrrole nitrogens is 1. The summed E-state index contributed by atoms with van der Waals surface area (Å²) in [7, 11) is 0. The van der Waals surface area contributed by atoms with E-state index in [-0.39, 0.29) is 11.8 Å². The molecule has 2 aromatic heterocycles. The Kier molecular flexibility index (Phi) is 5.36. The van der Waals surface area contributed by atoms with Gasteiger partial charge in [-0.2, -0.15) is 5.10 Å². The van der Waals surface area contributed by atoms with E-state index in [1.54, 1.807) is 18.3 Å². The Balaban J connectivity index is 1.27. The van der Waals surface area contributed by atoms with Crippen LogP contribution in [0.3, 0.4) is 0 Å². The molecular formula is C20H23FN6O. The third kappa shape index (κ3) is 4.39. The molecule has 0 fully saturated rings. The van der Waals surface area contributed by atoms with Crippen molar-refractivity contribution in [2.75, 3.05) is 11.9 Å². The number of amides is 2. The van der Waals surface area contributed by atoms with Crippen LogP contribution in [0.2, 0.25) is 0 Å². The van der Waals surface area contributed by atoms with Gasteiger partial charge in [0.2, 0.25) is 0 Å². The van der Waals surface area contributed by atoms with Gasteiger partial charge in [-0.15, -0.1) is 0 Å². The van der Waals surface area contributed by atoms with Gasteiger partial charge < -0.3 is 10.3 Å². The van der Waals surface area contributed by atoms with Crippen LogP contribution in [0, 0.1) is 11.7 Å². The van der Waals surface area contributed by atoms with Crippen molar-refractivity contribution in [2.24, 2.45) is 5.92 Å². The van der Waals surface area contributed by atoms with Crippen LogP contribution in [0.15, 0.2) is 42.6 Å². The van der Waals surface area contributed by atoms with Crippen LogP contribution in [0.1, 0.15) is 25.1 Å². The van der Waals surface area contributed by atoms with E-state index in [0.29, 0.717) is 41.6 Å². The molecule has 0 saturated heterocycles. The van der Waals surface area contributed by atoms with Gasteiger partial charge in [0.15, 0.2) is 0 Å². The summed E-state index contributed by atoms with van der Waals surface area (Å²) in [5, 5.41) is 10.00. The van der Waals surface area contributed by atoms with Crippen LogP contribution in [0.4, 0.5) is 15.0 Å². The minimum absolute atomic E-state index is 0.285. The molecule has 0 radical (unpaired) electrons. The third-order valence-corrected chi connectivity index (χ3v) is 4.91. The van der Waals surface area contributed by atoms with Crippen molar-refractivity contribution in [1.29, 1.82) is 0 Å². The smallest absolute Gasteiger partial charge is 0.320 e. The number of fused-ring (bicyclic) bond motifs is 1. The van der Waals surface area contributed by atoms with Gasteiger partial charge in [-0.1, -0.05) is 12.2 Å². The lowest BCUT2D eigenvalue weighted by Crippen LogP contribution is -2.31. The second kappa shape index (κ2) is 8.24. The molecule has 0 bridgehead atoms. The second-order valence-corrected chi connectivity index (χ2v) is 7.02. The Bertz CT molecular complexity index is 992. The van der Waals surface area contributed by atoms with Crippen molar-refractivity contribution >= 4 is 22.9 Å². The molecule has 3 N–H and O–H groups in total. The van der Waals surface area contributed by atoms with Crippen molar-refractivity contribution in [3.63, 3.8) is 0 Å². The highest BCUT2D eigenvalue weighted by atomic mass is 19.1. The van der Waals surface area contributed by atoms with Gasteiger partial charge in [-0.05, 0) is 43.4 Å². The fourth-order valence-corrected chi connectivity index (χ4v) is 3.46. The summed E-state index contributed by atoms with van der Waals surface area (Å²) < 4.78 is 15.1. The number of aromatic amines is 1. The summed E-state index contributed by atoms with van der Waals surface area (Å²) in [6.07, 6.45) is 9.94. The molecule has 2 amide bonds. The number of carbonyl (C=O) groups is 1. The minimum Gasteiger partial charge on any atom is -0.342 e. The summed E-state index contributed by atoms with van der Waals surface area (Å²) in [6.45, 7) is 1.21. The molecule has 1 aliphatic carbocycles. The summed E-state index contributed by atoms with van der Waals surface area (Å²) in [5.41, 5.74) is 1.36. The maximum Gasteiger partial charge on any atom is 0.320 e. The fourth-order valence-electron chi connectivity index (χ4n) is 3.46. The number of urea groups is 1. The minimum atomic E-state index is -0.305. The lowest BCUT2D eigenvalue weighted by Gasteiger charge is -2.19. The topological polar surface area (TPSA) is 87.6 Å². The average Bonchev–Trinajstić information content (AvgIpc) is 3.28. The molecule has 0 unspecified atom stereocenters. The molecule has 1 aliphatic rings. The summed E-state index contributed by atoms with van der Waals surface area (Å²) in [6, 6.07) is 5.94. The average molecular weight is 382 g/mol. The second-order valence-electron chi connectivity index (χ2n) is 7.02. The Hall–Kier alpha value is -3.16. The molecule has 146 valence electrons. The zero-order valence-electron chi connectivity index (χ0n) is 15.5. The van der Waals surface area contributed by atoms with Gasteiger partial charge in [-0.3, -0.25) is 5.32 Å². The molecule has 7 nitrogen and oxygen atoms in total. The van der Waals surface area contributed by atoms with Crippen LogP contribution in [0.5, 0.6) is 0 Å². The number of imidazole rings is 1. The largest absolute Gasteiger partial charge is 0.342 e. The van der Waals surface area contributed by atoms with Crippen LogP contribution in [-0.2, 0) is 13.0 Å². The van der Waals surface area contributed by atoms with Crippen LogP contribution in [0.25, 0.3) is 11.0 Å². The van der Waals surface area contributed by atoms with Gasteiger partial charge in [0.1, 0.15) is 17.5 Å². The Morgan fingerprint density at radius 1 is 1.32 bits per heavy atom. The number of benzene rings is 1. The van der Waals surface area contributed by atoms with Crippen molar-refractivity contribution in [3.8, 4) is 0 Å². The van der Waals surface area contributed by atoms with Gasteiger partial charge in [0.25, 0.3) is 0 Å². The number of halogens is 1. The first kappa shape index (κ1) is 18.2. The van der Waals surface area contributed by atoms with E-state index >= 15 is 0 Å². The first-order valence-corrected chi connectivity index (χ1v) is 9.53. The fraction of sp³-hybridized carbons (Fsp3) is 0.350. The number of aromatic nitrogens is 4. The molecule has 2 heterocycles. The van der Waals surface area contributed by atoms with E-state index < -0.39 is 0 Å². The predicted molar refractivity (Wildman–Crippen MR) is 105 cm³/mol. The van der Waals surface area contributed by atoms with Gasteiger partial charge in [0.05, 0.1) is 17.2 Å². The SMILES string of the molecule is O=C(NCCc1nc2ccc(F)cc2[nH]1)Nc1ccnn1C[C@@H]1CC=CCC1. The highest BCUT2D eigenvalue weighted by Crippen LogP contribution is 2.21. The zero-order chi connectivity index (χ0) is 19.3. The molecule has 28 heavy (non-hydrogen) atoms. The highest BCUT2D eigenvalue weighted by Gasteiger charge is 2.14. The molecule has 8 heteroatoms. The van der Waals surface area contributed by atoms with Crippen LogP contribution < -0.4 is 10.6 Å². The van der Waals surface area contributed by atoms with Crippen LogP contribution in [-0.4, -0.2) is 32.3 Å². The predicted octanol–water partition coefficient (Wildman–Crippen LogP) is 3.62. The first-order valence-electron chi connectivity index (χ1n) is 9.53. The van der Waals surface area contributed by atoms with Crippen molar-refractivity contribution in [1.82, 2.24) is 25.1 Å². The van der Waals surface area contributed by atoms with E-state index in [2.05, 4.69) is 37.9 Å². The molecule has 4 rings (SSSR count). The Labute approximate surface area is 162 Å². The Morgan fingerprint density at radius 3 is 3.11 bits per heavy atom. The van der Waals surface area contributed by atoms with Gasteiger partial charge in [-0.25, -0.2) is 18.9 Å². The third-order valence-electron chi connectivity index (χ3n) is 4.91. The van der Waals surface area contributed by atoms with Gasteiger partial charge >= 0.3 is 6.03 Å². The lowest BCUT2D eigenvalue weighted by atomic mass is 9.94. The number of hydrogen-bond acceptors (Lipinski definition) is 3. The molecular weight excluding hydrogens is 359 g/mol. The number of rotatable bonds is 6. The molecule has 0 spiro atoms. The lowest BCUT2D eigenvalue weighted by molar-refractivity contribution is 0.252. The number of anilines is 1. The number of allylic oxidation sites excluding steroid dienone is 2. The standard InChI is InChI=1S/C20H23FN6O/c21-15-6-7-16-17(12-15)25-18(24-16)8-10-22-20(28)26-19-9-11-23-27(19)13-14-4-2-1-3-5-14/h1-2,6-7,9,11-12,14H,3-5,8,10,13H2,(H,24,25)(H2,22,26,28)/t14-/m1/s1. The van der Waals surface area contributed by atoms with Crippen molar-refractivity contribution in [3.05, 3.63) is 54.3 Å². The number of hydrogen-bond donors (Lipinski definition) is 3. The molecule has 0 saturated carbocycles. The van der Waals surface area contributed by atoms with Gasteiger partial charge in [0, 0.05) is 25.6 Å². The van der Waals surface area contributed by atoms with E-state index in [1.165, 1.54) is 12.1 Å². The summed E-state index contributed by atoms with van der Waals surface area (Å²) in [4.78, 5) is 19.7. The van der Waals surface area contributed by atoms with E-state index in [1.807, 2.05) is 4.68 Å². The maximum atomic E-state index is 13.2. The maximum absolute atomic E-state index is 13.2. The van der Waals surface area contributed by atoms with E-state index in [4.69, 9.17) is 0 Å². The summed E-state index contributed by atoms with van der Waals surface area (Å²) >= 11 is 0. The number of nitrogens with one attached hydrogen (secondary N) is 3. The molecule has 3 aromatic rings. The van der Waals surface area contributed by atoms with E-state index in [9.17, 15) is 9.18 Å². The number of nitrogens with zero attached hydrogens (tertiary/aromatic N) is 3. The first-order chi connectivity index (χ1) is 13.7. The highest BCUT2D eigenvalue weighted by molar-refractivity contribution is 5.88.